The maximum absolute atomic E-state index is 5.26. The molecule has 0 aliphatic rings. The molecule has 0 aliphatic carbocycles. The summed E-state index contributed by atoms with van der Waals surface area (Å²) < 4.78 is 7.28. The Balaban J connectivity index is 1.94. The second kappa shape index (κ2) is 4.34. The zero-order chi connectivity index (χ0) is 14.4. The van der Waals surface area contributed by atoms with Crippen molar-refractivity contribution in [2.24, 2.45) is 7.05 Å². The van der Waals surface area contributed by atoms with Crippen LogP contribution < -0.4 is 4.74 Å². The average Bonchev–Trinajstić information content (AvgIpc) is 3.10. The van der Waals surface area contributed by atoms with E-state index in [1.165, 1.54) is 0 Å². The Labute approximate surface area is 121 Å². The number of H-pyrrole nitrogens is 1. The topological polar surface area (TPSA) is 55.7 Å². The number of aromatic nitrogens is 4. The van der Waals surface area contributed by atoms with E-state index in [-0.39, 0.29) is 0 Å². The standard InChI is InChI=1S/C16H14N4O/c1-20-9-19-14-5-10(3-4-15(14)20)13-8-18-16-12(13)6-11(21-2)7-17-16/h3-9H,1-2H3,(H,17,18). The third-order valence-corrected chi connectivity index (χ3v) is 3.78. The highest BCUT2D eigenvalue weighted by Crippen LogP contribution is 2.31. The van der Waals surface area contributed by atoms with Gasteiger partial charge in [-0.3, -0.25) is 0 Å². The number of hydrogen-bond donors (Lipinski definition) is 1. The maximum atomic E-state index is 5.26. The van der Waals surface area contributed by atoms with E-state index in [1.807, 2.05) is 30.2 Å². The van der Waals surface area contributed by atoms with Crippen LogP contribution in [0.3, 0.4) is 0 Å². The van der Waals surface area contributed by atoms with Gasteiger partial charge in [0.2, 0.25) is 0 Å². The van der Waals surface area contributed by atoms with Gasteiger partial charge in [0.05, 0.1) is 30.7 Å². The molecule has 0 unspecified atom stereocenters. The molecule has 104 valence electrons. The van der Waals surface area contributed by atoms with Crippen LogP contribution in [0, 0.1) is 0 Å². The number of aromatic amines is 1. The van der Waals surface area contributed by atoms with Gasteiger partial charge in [-0.1, -0.05) is 6.07 Å². The molecule has 4 rings (SSSR count). The van der Waals surface area contributed by atoms with Crippen LogP contribution in [-0.2, 0) is 7.05 Å². The summed E-state index contributed by atoms with van der Waals surface area (Å²) in [5.41, 5.74) is 5.17. The van der Waals surface area contributed by atoms with Crippen LogP contribution in [0.15, 0.2) is 43.0 Å². The molecule has 21 heavy (non-hydrogen) atoms. The van der Waals surface area contributed by atoms with E-state index in [2.05, 4.69) is 33.2 Å². The molecule has 0 saturated heterocycles. The van der Waals surface area contributed by atoms with Crippen LogP contribution in [0.5, 0.6) is 5.75 Å². The molecule has 3 aromatic heterocycles. The van der Waals surface area contributed by atoms with Crippen molar-refractivity contribution < 1.29 is 4.74 Å². The number of nitrogens with one attached hydrogen (secondary N) is 1. The van der Waals surface area contributed by atoms with Gasteiger partial charge in [-0.25, -0.2) is 9.97 Å². The summed E-state index contributed by atoms with van der Waals surface area (Å²) in [5, 5.41) is 1.05. The number of nitrogens with zero attached hydrogens (tertiary/aromatic N) is 3. The fraction of sp³-hybridized carbons (Fsp3) is 0.125. The summed E-state index contributed by atoms with van der Waals surface area (Å²) in [6, 6.07) is 8.28. The van der Waals surface area contributed by atoms with Crippen LogP contribution in [0.1, 0.15) is 0 Å². The number of methoxy groups -OCH3 is 1. The first kappa shape index (κ1) is 12.0. The zero-order valence-corrected chi connectivity index (χ0v) is 11.8. The van der Waals surface area contributed by atoms with Crippen LogP contribution >= 0.6 is 0 Å². The SMILES string of the molecule is COc1cnc2[nH]cc(-c3ccc4c(c3)ncn4C)c2c1. The predicted molar refractivity (Wildman–Crippen MR) is 82.4 cm³/mol. The lowest BCUT2D eigenvalue weighted by Gasteiger charge is -2.02. The van der Waals surface area contributed by atoms with Crippen molar-refractivity contribution in [1.82, 2.24) is 19.5 Å². The second-order valence-corrected chi connectivity index (χ2v) is 5.03. The fourth-order valence-corrected chi connectivity index (χ4v) is 2.64. The van der Waals surface area contributed by atoms with E-state index in [1.54, 1.807) is 13.3 Å². The van der Waals surface area contributed by atoms with Crippen molar-refractivity contribution in [3.8, 4) is 16.9 Å². The molecule has 0 fully saturated rings. The van der Waals surface area contributed by atoms with Gasteiger partial charge in [0.25, 0.3) is 0 Å². The van der Waals surface area contributed by atoms with E-state index < -0.39 is 0 Å². The Morgan fingerprint density at radius 2 is 2.10 bits per heavy atom. The Kier molecular flexibility index (Phi) is 2.47. The fourth-order valence-electron chi connectivity index (χ4n) is 2.64. The number of rotatable bonds is 2. The van der Waals surface area contributed by atoms with Crippen molar-refractivity contribution in [2.45, 2.75) is 0 Å². The van der Waals surface area contributed by atoms with Gasteiger partial charge in [0, 0.05) is 24.2 Å². The van der Waals surface area contributed by atoms with E-state index in [0.717, 1.165) is 38.9 Å². The smallest absolute Gasteiger partial charge is 0.138 e. The molecule has 0 bridgehead atoms. The first-order valence-electron chi connectivity index (χ1n) is 6.69. The Bertz CT molecular complexity index is 951. The van der Waals surface area contributed by atoms with Crippen molar-refractivity contribution in [1.29, 1.82) is 0 Å². The minimum atomic E-state index is 0.752. The minimum Gasteiger partial charge on any atom is -0.495 e. The van der Waals surface area contributed by atoms with Crippen molar-refractivity contribution in [3.63, 3.8) is 0 Å². The van der Waals surface area contributed by atoms with Crippen LogP contribution in [0.25, 0.3) is 33.2 Å². The number of imidazole rings is 1. The molecule has 0 amide bonds. The molecule has 0 spiro atoms. The van der Waals surface area contributed by atoms with Gasteiger partial charge in [0.15, 0.2) is 0 Å². The lowest BCUT2D eigenvalue weighted by molar-refractivity contribution is 0.414. The minimum absolute atomic E-state index is 0.752. The summed E-state index contributed by atoms with van der Waals surface area (Å²) in [7, 11) is 3.64. The van der Waals surface area contributed by atoms with Crippen molar-refractivity contribution in [3.05, 3.63) is 43.0 Å². The van der Waals surface area contributed by atoms with Crippen LogP contribution in [-0.4, -0.2) is 26.6 Å². The molecular weight excluding hydrogens is 264 g/mol. The lowest BCUT2D eigenvalue weighted by Crippen LogP contribution is -1.85. The highest BCUT2D eigenvalue weighted by atomic mass is 16.5. The van der Waals surface area contributed by atoms with Crippen LogP contribution in [0.4, 0.5) is 0 Å². The molecule has 1 aromatic carbocycles. The predicted octanol–water partition coefficient (Wildman–Crippen LogP) is 3.13. The van der Waals surface area contributed by atoms with Gasteiger partial charge in [-0.05, 0) is 23.8 Å². The largest absolute Gasteiger partial charge is 0.495 e. The molecule has 3 heterocycles. The monoisotopic (exact) mass is 278 g/mol. The van der Waals surface area contributed by atoms with Crippen molar-refractivity contribution in [2.75, 3.05) is 7.11 Å². The molecule has 0 atom stereocenters. The molecule has 0 aliphatic heterocycles. The van der Waals surface area contributed by atoms with E-state index >= 15 is 0 Å². The lowest BCUT2D eigenvalue weighted by atomic mass is 10.1. The third-order valence-electron chi connectivity index (χ3n) is 3.78. The number of fused-ring (bicyclic) bond motifs is 2. The first-order valence-corrected chi connectivity index (χ1v) is 6.69. The second-order valence-electron chi connectivity index (χ2n) is 5.03. The van der Waals surface area contributed by atoms with Gasteiger partial charge >= 0.3 is 0 Å². The molecular formula is C16H14N4O. The number of aryl methyl sites for hydroxylation is 1. The summed E-state index contributed by atoms with van der Waals surface area (Å²) in [6.45, 7) is 0. The maximum Gasteiger partial charge on any atom is 0.138 e. The van der Waals surface area contributed by atoms with E-state index in [0.29, 0.717) is 0 Å². The van der Waals surface area contributed by atoms with Gasteiger partial charge in [-0.2, -0.15) is 0 Å². The molecule has 5 nitrogen and oxygen atoms in total. The number of hydrogen-bond acceptors (Lipinski definition) is 3. The van der Waals surface area contributed by atoms with Gasteiger partial charge < -0.3 is 14.3 Å². The number of ether oxygens (including phenoxy) is 1. The molecule has 0 radical (unpaired) electrons. The highest BCUT2D eigenvalue weighted by molar-refractivity contribution is 5.96. The summed E-state index contributed by atoms with van der Waals surface area (Å²) >= 11 is 0. The zero-order valence-electron chi connectivity index (χ0n) is 11.8. The first-order chi connectivity index (χ1) is 10.3. The van der Waals surface area contributed by atoms with Gasteiger partial charge in [-0.15, -0.1) is 0 Å². The quantitative estimate of drug-likeness (QED) is 0.613. The third kappa shape index (κ3) is 1.78. The van der Waals surface area contributed by atoms with E-state index in [9.17, 15) is 0 Å². The molecule has 4 aromatic rings. The molecule has 1 N–H and O–H groups in total. The molecule has 5 heteroatoms. The highest BCUT2D eigenvalue weighted by Gasteiger charge is 2.10. The normalized spacial score (nSPS) is 11.3. The number of pyridine rings is 1. The van der Waals surface area contributed by atoms with Crippen LogP contribution in [0.2, 0.25) is 0 Å². The average molecular weight is 278 g/mol. The molecule has 0 saturated carbocycles. The van der Waals surface area contributed by atoms with Crippen molar-refractivity contribution >= 4 is 22.1 Å². The Morgan fingerprint density at radius 3 is 2.95 bits per heavy atom. The van der Waals surface area contributed by atoms with Gasteiger partial charge in [0.1, 0.15) is 11.4 Å². The summed E-state index contributed by atoms with van der Waals surface area (Å²) in [5.74, 6) is 0.752. The number of benzene rings is 1. The summed E-state index contributed by atoms with van der Waals surface area (Å²) in [4.78, 5) is 12.0. The Morgan fingerprint density at radius 1 is 1.19 bits per heavy atom. The summed E-state index contributed by atoms with van der Waals surface area (Å²) in [6.07, 6.45) is 5.51. The van der Waals surface area contributed by atoms with E-state index in [4.69, 9.17) is 4.74 Å². The Hall–Kier alpha value is -2.82.